The average Bonchev–Trinajstić information content (AvgIpc) is 2.93. The van der Waals surface area contributed by atoms with Gasteiger partial charge >= 0.3 is 0 Å². The third-order valence-electron chi connectivity index (χ3n) is 3.35. The summed E-state index contributed by atoms with van der Waals surface area (Å²) in [5.74, 6) is 0.937. The first-order valence-electron chi connectivity index (χ1n) is 6.09. The monoisotopic (exact) mass is 244 g/mol. The molecule has 0 amide bonds. The Morgan fingerprint density at radius 3 is 2.94 bits per heavy atom. The van der Waals surface area contributed by atoms with Crippen molar-refractivity contribution in [1.82, 2.24) is 9.78 Å². The van der Waals surface area contributed by atoms with E-state index >= 15 is 0 Å². The number of rotatable bonds is 2. The van der Waals surface area contributed by atoms with Gasteiger partial charge in [-0.3, -0.25) is 4.68 Å². The van der Waals surface area contributed by atoms with E-state index in [-0.39, 0.29) is 0 Å². The summed E-state index contributed by atoms with van der Waals surface area (Å²) < 4.78 is 7.19. The summed E-state index contributed by atoms with van der Waals surface area (Å²) >= 11 is 0. The van der Waals surface area contributed by atoms with Crippen molar-refractivity contribution in [2.75, 3.05) is 6.61 Å². The lowest BCUT2D eigenvalue weighted by atomic mass is 10.0. The quantitative estimate of drug-likeness (QED) is 0.875. The summed E-state index contributed by atoms with van der Waals surface area (Å²) in [7, 11) is 1.85. The summed E-state index contributed by atoms with van der Waals surface area (Å²) in [6, 6.07) is 7.78. The summed E-state index contributed by atoms with van der Waals surface area (Å²) in [5.41, 5.74) is 3.79. The van der Waals surface area contributed by atoms with E-state index in [2.05, 4.69) is 5.10 Å². The largest absolute Gasteiger partial charge is 0.493 e. The van der Waals surface area contributed by atoms with E-state index in [1.54, 1.807) is 4.68 Å². The number of hydrogen-bond acceptors (Lipinski definition) is 3. The number of fused-ring (bicyclic) bond motifs is 1. The SMILES string of the molecule is Cc1cc(C(O)c2ccc3c(c2)CCO3)n(C)n1. The van der Waals surface area contributed by atoms with Crippen molar-refractivity contribution in [3.8, 4) is 5.75 Å². The van der Waals surface area contributed by atoms with Gasteiger partial charge in [-0.05, 0) is 36.2 Å². The fourth-order valence-electron chi connectivity index (χ4n) is 2.43. The molecule has 1 aliphatic rings. The molecule has 0 saturated carbocycles. The smallest absolute Gasteiger partial charge is 0.122 e. The van der Waals surface area contributed by atoms with Crippen LogP contribution in [0.1, 0.15) is 28.6 Å². The third-order valence-corrected chi connectivity index (χ3v) is 3.35. The normalized spacial score (nSPS) is 15.3. The fourth-order valence-corrected chi connectivity index (χ4v) is 2.43. The predicted octanol–water partition coefficient (Wildman–Crippen LogP) is 1.75. The highest BCUT2D eigenvalue weighted by molar-refractivity contribution is 5.42. The van der Waals surface area contributed by atoms with Crippen LogP contribution in [0.5, 0.6) is 5.75 Å². The summed E-state index contributed by atoms with van der Waals surface area (Å²) in [6.07, 6.45) is 0.280. The van der Waals surface area contributed by atoms with Gasteiger partial charge in [-0.25, -0.2) is 0 Å². The number of benzene rings is 1. The molecule has 0 aliphatic carbocycles. The maximum atomic E-state index is 10.4. The van der Waals surface area contributed by atoms with Gasteiger partial charge in [0, 0.05) is 13.5 Å². The minimum Gasteiger partial charge on any atom is -0.493 e. The second kappa shape index (κ2) is 4.14. The molecule has 1 N–H and O–H groups in total. The van der Waals surface area contributed by atoms with E-state index in [9.17, 15) is 5.11 Å². The highest BCUT2D eigenvalue weighted by Gasteiger charge is 2.19. The molecule has 0 bridgehead atoms. The van der Waals surface area contributed by atoms with Gasteiger partial charge in [-0.2, -0.15) is 5.10 Å². The number of ether oxygens (including phenoxy) is 1. The van der Waals surface area contributed by atoms with Crippen molar-refractivity contribution in [3.63, 3.8) is 0 Å². The lowest BCUT2D eigenvalue weighted by molar-refractivity contribution is 0.209. The topological polar surface area (TPSA) is 47.3 Å². The maximum absolute atomic E-state index is 10.4. The Balaban J connectivity index is 1.97. The van der Waals surface area contributed by atoms with Gasteiger partial charge in [-0.15, -0.1) is 0 Å². The van der Waals surface area contributed by atoms with Crippen LogP contribution < -0.4 is 4.74 Å². The first-order valence-corrected chi connectivity index (χ1v) is 6.09. The molecule has 1 unspecified atom stereocenters. The molecule has 0 fully saturated rings. The van der Waals surface area contributed by atoms with Crippen molar-refractivity contribution in [1.29, 1.82) is 0 Å². The van der Waals surface area contributed by atoms with Gasteiger partial charge in [0.05, 0.1) is 18.0 Å². The van der Waals surface area contributed by atoms with Gasteiger partial charge in [0.2, 0.25) is 0 Å². The van der Waals surface area contributed by atoms with Crippen LogP contribution in [-0.2, 0) is 13.5 Å². The molecule has 0 radical (unpaired) electrons. The summed E-state index contributed by atoms with van der Waals surface area (Å²) in [5, 5.41) is 14.7. The van der Waals surface area contributed by atoms with Crippen LogP contribution in [0.15, 0.2) is 24.3 Å². The molecule has 0 spiro atoms. The second-order valence-corrected chi connectivity index (χ2v) is 4.70. The standard InChI is InChI=1S/C14H16N2O2/c1-9-7-12(16(2)15-9)14(17)11-3-4-13-10(8-11)5-6-18-13/h3-4,7-8,14,17H,5-6H2,1-2H3. The van der Waals surface area contributed by atoms with Gasteiger partial charge < -0.3 is 9.84 Å². The minimum absolute atomic E-state index is 0.637. The van der Waals surface area contributed by atoms with Crippen LogP contribution in [-0.4, -0.2) is 21.5 Å². The number of nitrogens with zero attached hydrogens (tertiary/aromatic N) is 2. The molecule has 18 heavy (non-hydrogen) atoms. The Morgan fingerprint density at radius 2 is 2.22 bits per heavy atom. The van der Waals surface area contributed by atoms with E-state index in [4.69, 9.17) is 4.74 Å². The molecule has 94 valence electrons. The van der Waals surface area contributed by atoms with Crippen molar-refractivity contribution in [3.05, 3.63) is 46.8 Å². The van der Waals surface area contributed by atoms with Gasteiger partial charge in [0.1, 0.15) is 11.9 Å². The molecule has 4 heteroatoms. The zero-order chi connectivity index (χ0) is 12.7. The van der Waals surface area contributed by atoms with Crippen molar-refractivity contribution < 1.29 is 9.84 Å². The zero-order valence-electron chi connectivity index (χ0n) is 10.6. The Kier molecular flexibility index (Phi) is 2.59. The first-order chi connectivity index (χ1) is 8.65. The zero-order valence-corrected chi connectivity index (χ0v) is 10.6. The van der Waals surface area contributed by atoms with E-state index in [0.29, 0.717) is 0 Å². The minimum atomic E-state index is -0.637. The van der Waals surface area contributed by atoms with Crippen LogP contribution in [0.25, 0.3) is 0 Å². The molecule has 2 heterocycles. The van der Waals surface area contributed by atoms with Gasteiger partial charge in [0.15, 0.2) is 0 Å². The number of aromatic nitrogens is 2. The van der Waals surface area contributed by atoms with Crippen LogP contribution in [0.4, 0.5) is 0 Å². The molecule has 1 aromatic carbocycles. The van der Waals surface area contributed by atoms with Crippen molar-refractivity contribution >= 4 is 0 Å². The highest BCUT2D eigenvalue weighted by Crippen LogP contribution is 2.30. The lowest BCUT2D eigenvalue weighted by Gasteiger charge is -2.12. The number of hydrogen-bond donors (Lipinski definition) is 1. The number of aryl methyl sites for hydroxylation is 2. The lowest BCUT2D eigenvalue weighted by Crippen LogP contribution is -2.06. The molecule has 0 saturated heterocycles. The van der Waals surface area contributed by atoms with Crippen LogP contribution in [0.2, 0.25) is 0 Å². The van der Waals surface area contributed by atoms with E-state index in [1.165, 1.54) is 5.56 Å². The summed E-state index contributed by atoms with van der Waals surface area (Å²) in [6.45, 7) is 2.66. The van der Waals surface area contributed by atoms with Crippen LogP contribution in [0, 0.1) is 6.92 Å². The van der Waals surface area contributed by atoms with Crippen LogP contribution >= 0.6 is 0 Å². The Morgan fingerprint density at radius 1 is 1.39 bits per heavy atom. The summed E-state index contributed by atoms with van der Waals surface area (Å²) in [4.78, 5) is 0. The molecular formula is C14H16N2O2. The van der Waals surface area contributed by atoms with E-state index in [1.807, 2.05) is 38.2 Å². The molecule has 1 aliphatic heterocycles. The van der Waals surface area contributed by atoms with Crippen molar-refractivity contribution in [2.24, 2.45) is 7.05 Å². The average molecular weight is 244 g/mol. The van der Waals surface area contributed by atoms with E-state index in [0.717, 1.165) is 35.7 Å². The van der Waals surface area contributed by atoms with Crippen LogP contribution in [0.3, 0.4) is 0 Å². The second-order valence-electron chi connectivity index (χ2n) is 4.70. The van der Waals surface area contributed by atoms with Crippen molar-refractivity contribution in [2.45, 2.75) is 19.4 Å². The number of aliphatic hydroxyl groups excluding tert-OH is 1. The molecule has 3 rings (SSSR count). The molecule has 2 aromatic rings. The first kappa shape index (κ1) is 11.3. The molecule has 1 atom stereocenters. The third kappa shape index (κ3) is 1.78. The Hall–Kier alpha value is -1.81. The Bertz CT molecular complexity index is 589. The maximum Gasteiger partial charge on any atom is 0.122 e. The molecule has 1 aromatic heterocycles. The fraction of sp³-hybridized carbons (Fsp3) is 0.357. The molecular weight excluding hydrogens is 228 g/mol. The highest BCUT2D eigenvalue weighted by atomic mass is 16.5. The van der Waals surface area contributed by atoms with E-state index < -0.39 is 6.10 Å². The van der Waals surface area contributed by atoms with Gasteiger partial charge in [0.25, 0.3) is 0 Å². The van der Waals surface area contributed by atoms with Gasteiger partial charge in [-0.1, -0.05) is 6.07 Å². The predicted molar refractivity (Wildman–Crippen MR) is 67.6 cm³/mol. The number of aliphatic hydroxyl groups is 1. The Labute approximate surface area is 106 Å². The molecule has 4 nitrogen and oxygen atoms in total.